The van der Waals surface area contributed by atoms with E-state index in [1.807, 2.05) is 66.7 Å². The van der Waals surface area contributed by atoms with Gasteiger partial charge in [-0.3, -0.25) is 14.9 Å². The molecule has 0 unspecified atom stereocenters. The van der Waals surface area contributed by atoms with Crippen molar-refractivity contribution in [2.45, 2.75) is 0 Å². The van der Waals surface area contributed by atoms with Gasteiger partial charge in [-0.1, -0.05) is 54.6 Å². The molecule has 1 heterocycles. The fourth-order valence-electron chi connectivity index (χ4n) is 2.99. The fourth-order valence-corrected chi connectivity index (χ4v) is 2.99. The molecule has 6 nitrogen and oxygen atoms in total. The number of carbonyl (C=O) groups excluding carboxylic acids is 1. The lowest BCUT2D eigenvalue weighted by molar-refractivity contribution is -0.384. The van der Waals surface area contributed by atoms with E-state index in [9.17, 15) is 14.9 Å². The van der Waals surface area contributed by atoms with Gasteiger partial charge in [0.25, 0.3) is 11.6 Å². The Hall–Kier alpha value is -4.45. The van der Waals surface area contributed by atoms with Crippen LogP contribution < -0.4 is 5.32 Å². The zero-order valence-corrected chi connectivity index (χ0v) is 16.4. The van der Waals surface area contributed by atoms with Crippen LogP contribution in [0, 0.1) is 10.1 Å². The number of furan rings is 1. The number of rotatable bonds is 6. The molecular weight excluding hydrogens is 392 g/mol. The van der Waals surface area contributed by atoms with E-state index in [2.05, 4.69) is 5.32 Å². The van der Waals surface area contributed by atoms with Crippen molar-refractivity contribution >= 4 is 29.4 Å². The second kappa shape index (κ2) is 8.92. The number of nitrogens with zero attached hydrogens (tertiary/aromatic N) is 1. The Bertz CT molecular complexity index is 1220. The lowest BCUT2D eigenvalue weighted by Crippen LogP contribution is -2.10. The molecule has 4 aromatic rings. The quantitative estimate of drug-likeness (QED) is 0.230. The van der Waals surface area contributed by atoms with Crippen LogP contribution >= 0.6 is 0 Å². The molecule has 0 spiro atoms. The Labute approximate surface area is 178 Å². The normalized spacial score (nSPS) is 10.8. The molecule has 1 N–H and O–H groups in total. The second-order valence-electron chi connectivity index (χ2n) is 6.79. The number of benzene rings is 3. The summed E-state index contributed by atoms with van der Waals surface area (Å²) >= 11 is 0. The van der Waals surface area contributed by atoms with Crippen LogP contribution in [0.3, 0.4) is 0 Å². The Morgan fingerprint density at radius 3 is 2.10 bits per heavy atom. The van der Waals surface area contributed by atoms with Crippen LogP contribution in [0.2, 0.25) is 0 Å². The van der Waals surface area contributed by atoms with Crippen molar-refractivity contribution in [2.75, 3.05) is 5.32 Å². The fraction of sp³-hybridized carbons (Fsp3) is 0. The predicted molar refractivity (Wildman–Crippen MR) is 121 cm³/mol. The highest BCUT2D eigenvalue weighted by atomic mass is 16.6. The third-order valence-electron chi connectivity index (χ3n) is 4.63. The molecule has 4 rings (SSSR count). The van der Waals surface area contributed by atoms with Gasteiger partial charge in [-0.25, -0.2) is 0 Å². The van der Waals surface area contributed by atoms with Crippen LogP contribution in [0.1, 0.15) is 21.7 Å². The molecule has 0 radical (unpaired) electrons. The van der Waals surface area contributed by atoms with Crippen molar-refractivity contribution in [3.05, 3.63) is 118 Å². The van der Waals surface area contributed by atoms with E-state index >= 15 is 0 Å². The molecule has 31 heavy (non-hydrogen) atoms. The second-order valence-corrected chi connectivity index (χ2v) is 6.79. The summed E-state index contributed by atoms with van der Waals surface area (Å²) in [6.45, 7) is 0. The van der Waals surface area contributed by atoms with Crippen LogP contribution in [0.4, 0.5) is 11.4 Å². The minimum absolute atomic E-state index is 0.00432. The highest BCUT2D eigenvalue weighted by Crippen LogP contribution is 2.25. The molecule has 0 aliphatic carbocycles. The first kappa shape index (κ1) is 19.8. The molecule has 0 atom stereocenters. The molecule has 152 valence electrons. The summed E-state index contributed by atoms with van der Waals surface area (Å²) in [5.41, 5.74) is 3.42. The third-order valence-corrected chi connectivity index (χ3v) is 4.63. The summed E-state index contributed by atoms with van der Waals surface area (Å²) in [5, 5.41) is 13.6. The number of nitrogens with one attached hydrogen (secondary N) is 1. The van der Waals surface area contributed by atoms with E-state index in [1.54, 1.807) is 24.3 Å². The van der Waals surface area contributed by atoms with Crippen LogP contribution in [-0.2, 0) is 0 Å². The molecule has 0 saturated heterocycles. The maximum absolute atomic E-state index is 12.5. The van der Waals surface area contributed by atoms with Gasteiger partial charge in [0.2, 0.25) is 0 Å². The van der Waals surface area contributed by atoms with Gasteiger partial charge in [-0.05, 0) is 47.5 Å². The first-order valence-corrected chi connectivity index (χ1v) is 9.58. The van der Waals surface area contributed by atoms with Gasteiger partial charge in [0.15, 0.2) is 5.76 Å². The van der Waals surface area contributed by atoms with Crippen molar-refractivity contribution in [3.63, 3.8) is 0 Å². The number of non-ortho nitro benzene ring substituents is 1. The van der Waals surface area contributed by atoms with Crippen LogP contribution in [0.5, 0.6) is 0 Å². The van der Waals surface area contributed by atoms with Crippen molar-refractivity contribution in [2.24, 2.45) is 0 Å². The van der Waals surface area contributed by atoms with Crippen molar-refractivity contribution < 1.29 is 14.1 Å². The van der Waals surface area contributed by atoms with E-state index in [0.717, 1.165) is 11.1 Å². The van der Waals surface area contributed by atoms with Gasteiger partial charge >= 0.3 is 0 Å². The lowest BCUT2D eigenvalue weighted by Gasteiger charge is -2.04. The Morgan fingerprint density at radius 1 is 0.806 bits per heavy atom. The van der Waals surface area contributed by atoms with Gasteiger partial charge in [0, 0.05) is 23.4 Å². The molecule has 0 aliphatic heterocycles. The molecule has 1 amide bonds. The van der Waals surface area contributed by atoms with Gasteiger partial charge in [0.1, 0.15) is 5.76 Å². The number of carbonyl (C=O) groups is 1. The Balaban J connectivity index is 1.40. The Morgan fingerprint density at radius 2 is 1.45 bits per heavy atom. The summed E-state index contributed by atoms with van der Waals surface area (Å²) < 4.78 is 5.62. The summed E-state index contributed by atoms with van der Waals surface area (Å²) in [7, 11) is 0. The van der Waals surface area contributed by atoms with Crippen LogP contribution in [-0.4, -0.2) is 10.8 Å². The molecule has 3 aromatic carbocycles. The van der Waals surface area contributed by atoms with E-state index < -0.39 is 4.92 Å². The number of amides is 1. The first-order valence-electron chi connectivity index (χ1n) is 9.58. The molecule has 0 aliphatic rings. The highest BCUT2D eigenvalue weighted by Gasteiger charge is 2.13. The molecular formula is C25H18N2O4. The molecule has 0 fully saturated rings. The first-order chi connectivity index (χ1) is 15.1. The van der Waals surface area contributed by atoms with E-state index in [1.165, 1.54) is 12.1 Å². The van der Waals surface area contributed by atoms with Gasteiger partial charge in [0.05, 0.1) is 4.92 Å². The number of anilines is 1. The number of hydrogen-bond donors (Lipinski definition) is 1. The van der Waals surface area contributed by atoms with E-state index in [-0.39, 0.29) is 17.4 Å². The standard InChI is InChI=1S/C25H18N2O4/c28-25(24-17-16-23(31-24)20-10-14-22(15-11-20)27(29)30)26-21-12-8-19(9-13-21)7-6-18-4-2-1-3-5-18/h1-17H,(H,26,28). The molecule has 1 aromatic heterocycles. The third kappa shape index (κ3) is 4.94. The summed E-state index contributed by atoms with van der Waals surface area (Å²) in [4.78, 5) is 22.8. The zero-order chi connectivity index (χ0) is 21.6. The summed E-state index contributed by atoms with van der Waals surface area (Å²) in [6, 6.07) is 26.7. The average molecular weight is 410 g/mol. The van der Waals surface area contributed by atoms with E-state index in [0.29, 0.717) is 17.0 Å². The number of hydrogen-bond acceptors (Lipinski definition) is 4. The summed E-state index contributed by atoms with van der Waals surface area (Å²) in [5.74, 6) is 0.239. The predicted octanol–water partition coefficient (Wildman–Crippen LogP) is 6.28. The van der Waals surface area contributed by atoms with Gasteiger partial charge in [-0.2, -0.15) is 0 Å². The van der Waals surface area contributed by atoms with Gasteiger partial charge in [-0.15, -0.1) is 0 Å². The summed E-state index contributed by atoms with van der Waals surface area (Å²) in [6.07, 6.45) is 4.03. The van der Waals surface area contributed by atoms with Crippen molar-refractivity contribution in [1.82, 2.24) is 0 Å². The van der Waals surface area contributed by atoms with Crippen molar-refractivity contribution in [1.29, 1.82) is 0 Å². The van der Waals surface area contributed by atoms with Crippen molar-refractivity contribution in [3.8, 4) is 11.3 Å². The number of nitro benzene ring substituents is 1. The minimum Gasteiger partial charge on any atom is -0.451 e. The maximum Gasteiger partial charge on any atom is 0.291 e. The van der Waals surface area contributed by atoms with Crippen LogP contribution in [0.25, 0.3) is 23.5 Å². The molecule has 0 saturated carbocycles. The molecule has 6 heteroatoms. The smallest absolute Gasteiger partial charge is 0.291 e. The molecule has 0 bridgehead atoms. The minimum atomic E-state index is -0.465. The maximum atomic E-state index is 12.5. The van der Waals surface area contributed by atoms with Gasteiger partial charge < -0.3 is 9.73 Å². The number of nitro groups is 1. The van der Waals surface area contributed by atoms with E-state index in [4.69, 9.17) is 4.42 Å². The highest BCUT2D eigenvalue weighted by molar-refractivity contribution is 6.02. The lowest BCUT2D eigenvalue weighted by atomic mass is 10.1. The SMILES string of the molecule is O=C(Nc1ccc(C=Cc2ccccc2)cc1)c1ccc(-c2ccc([N+](=O)[O-])cc2)o1. The zero-order valence-electron chi connectivity index (χ0n) is 16.4. The average Bonchev–Trinajstić information content (AvgIpc) is 3.30. The monoisotopic (exact) mass is 410 g/mol. The Kier molecular flexibility index (Phi) is 5.71. The van der Waals surface area contributed by atoms with Crippen LogP contribution in [0.15, 0.2) is 95.4 Å². The topological polar surface area (TPSA) is 85.4 Å². The largest absolute Gasteiger partial charge is 0.451 e.